The fraction of sp³-hybridized carbons (Fsp3) is 0.542. The number of ether oxygens (including phenoxy) is 1. The van der Waals surface area contributed by atoms with Crippen molar-refractivity contribution < 1.29 is 14.3 Å². The van der Waals surface area contributed by atoms with E-state index in [2.05, 4.69) is 45.0 Å². The Kier molecular flexibility index (Phi) is 8.21. The zero-order valence-electron chi connectivity index (χ0n) is 19.1. The maximum absolute atomic E-state index is 12.6. The SMILES string of the molecule is CCCC(CCC)NC(=O)c1ccc(-n2nc(C(=O)OCC)cc2C(C)(C)C)cc1. The minimum atomic E-state index is -0.435. The van der Waals surface area contributed by atoms with Crippen molar-refractivity contribution in [2.45, 2.75) is 78.7 Å². The Morgan fingerprint density at radius 2 is 1.67 bits per heavy atom. The quantitative estimate of drug-likeness (QED) is 0.584. The van der Waals surface area contributed by atoms with Gasteiger partial charge >= 0.3 is 5.97 Å². The molecule has 6 heteroatoms. The maximum atomic E-state index is 12.6. The molecule has 0 bridgehead atoms. The molecule has 0 aliphatic heterocycles. The number of hydrogen-bond acceptors (Lipinski definition) is 4. The summed E-state index contributed by atoms with van der Waals surface area (Å²) in [5.74, 6) is -0.493. The second kappa shape index (κ2) is 10.4. The second-order valence-electron chi connectivity index (χ2n) is 8.59. The molecular weight excluding hydrogens is 378 g/mol. The van der Waals surface area contributed by atoms with E-state index in [-0.39, 0.29) is 23.1 Å². The van der Waals surface area contributed by atoms with E-state index >= 15 is 0 Å². The molecule has 1 heterocycles. The number of esters is 1. The summed E-state index contributed by atoms with van der Waals surface area (Å²) < 4.78 is 6.86. The zero-order valence-corrected chi connectivity index (χ0v) is 19.1. The van der Waals surface area contributed by atoms with Gasteiger partial charge in [0.2, 0.25) is 0 Å². The van der Waals surface area contributed by atoms with Crippen molar-refractivity contribution in [3.8, 4) is 5.69 Å². The normalized spacial score (nSPS) is 11.6. The molecule has 1 amide bonds. The van der Waals surface area contributed by atoms with Gasteiger partial charge in [0.15, 0.2) is 5.69 Å². The summed E-state index contributed by atoms with van der Waals surface area (Å²) >= 11 is 0. The highest BCUT2D eigenvalue weighted by Gasteiger charge is 2.25. The molecular formula is C24H35N3O3. The van der Waals surface area contributed by atoms with Crippen LogP contribution in [-0.4, -0.2) is 34.3 Å². The largest absolute Gasteiger partial charge is 0.461 e. The predicted octanol–water partition coefficient (Wildman–Crippen LogP) is 5.05. The summed E-state index contributed by atoms with van der Waals surface area (Å²) in [6.45, 7) is 12.5. The number of nitrogens with one attached hydrogen (secondary N) is 1. The van der Waals surface area contributed by atoms with E-state index in [1.807, 2.05) is 12.1 Å². The lowest BCUT2D eigenvalue weighted by Crippen LogP contribution is -2.34. The van der Waals surface area contributed by atoms with E-state index in [9.17, 15) is 9.59 Å². The number of benzene rings is 1. The van der Waals surface area contributed by atoms with Crippen LogP contribution in [0.25, 0.3) is 5.69 Å². The Morgan fingerprint density at radius 1 is 1.07 bits per heavy atom. The molecule has 6 nitrogen and oxygen atoms in total. The molecule has 0 saturated heterocycles. The molecule has 0 saturated carbocycles. The van der Waals surface area contributed by atoms with Gasteiger partial charge in [-0.2, -0.15) is 5.10 Å². The summed E-state index contributed by atoms with van der Waals surface area (Å²) in [7, 11) is 0. The van der Waals surface area contributed by atoms with Crippen LogP contribution in [0.15, 0.2) is 30.3 Å². The van der Waals surface area contributed by atoms with E-state index in [1.165, 1.54) is 0 Å². The monoisotopic (exact) mass is 413 g/mol. The number of aromatic nitrogens is 2. The molecule has 1 aromatic heterocycles. The topological polar surface area (TPSA) is 73.2 Å². The smallest absolute Gasteiger partial charge is 0.358 e. The van der Waals surface area contributed by atoms with Crippen molar-refractivity contribution in [1.29, 1.82) is 0 Å². The van der Waals surface area contributed by atoms with Crippen molar-refractivity contribution in [2.75, 3.05) is 6.61 Å². The highest BCUT2D eigenvalue weighted by molar-refractivity contribution is 5.94. The predicted molar refractivity (Wildman–Crippen MR) is 119 cm³/mol. The fourth-order valence-corrected chi connectivity index (χ4v) is 3.43. The lowest BCUT2D eigenvalue weighted by Gasteiger charge is -2.20. The van der Waals surface area contributed by atoms with E-state index in [4.69, 9.17) is 4.74 Å². The third kappa shape index (κ3) is 5.94. The summed E-state index contributed by atoms with van der Waals surface area (Å²) in [4.78, 5) is 24.8. The average molecular weight is 414 g/mol. The Hall–Kier alpha value is -2.63. The summed E-state index contributed by atoms with van der Waals surface area (Å²) in [6, 6.07) is 9.31. The maximum Gasteiger partial charge on any atom is 0.358 e. The second-order valence-corrected chi connectivity index (χ2v) is 8.59. The standard InChI is InChI=1S/C24H35N3O3/c1-7-10-18(11-8-2)25-22(28)17-12-14-19(15-13-17)27-21(24(4,5)6)16-20(26-27)23(29)30-9-3/h12-16,18H,7-11H2,1-6H3,(H,25,28). The van der Waals surface area contributed by atoms with Gasteiger partial charge < -0.3 is 10.1 Å². The van der Waals surface area contributed by atoms with Crippen molar-refractivity contribution in [2.24, 2.45) is 0 Å². The first-order valence-corrected chi connectivity index (χ1v) is 10.9. The molecule has 0 atom stereocenters. The molecule has 1 N–H and O–H groups in total. The number of carbonyl (C=O) groups is 2. The van der Waals surface area contributed by atoms with Crippen LogP contribution in [0.5, 0.6) is 0 Å². The van der Waals surface area contributed by atoms with Crippen molar-refractivity contribution in [3.63, 3.8) is 0 Å². The van der Waals surface area contributed by atoms with Crippen LogP contribution in [0.1, 0.15) is 93.8 Å². The zero-order chi connectivity index (χ0) is 22.3. The van der Waals surface area contributed by atoms with Crippen LogP contribution in [0.2, 0.25) is 0 Å². The molecule has 0 aliphatic carbocycles. The van der Waals surface area contributed by atoms with Gasteiger partial charge in [-0.3, -0.25) is 4.79 Å². The van der Waals surface area contributed by atoms with Gasteiger partial charge in [-0.15, -0.1) is 0 Å². The number of carbonyl (C=O) groups excluding carboxylic acids is 2. The molecule has 0 spiro atoms. The Balaban J connectivity index is 2.29. The molecule has 0 radical (unpaired) electrons. The molecule has 2 aromatic rings. The van der Waals surface area contributed by atoms with Gasteiger partial charge in [-0.25, -0.2) is 9.48 Å². The molecule has 0 fully saturated rings. The lowest BCUT2D eigenvalue weighted by molar-refractivity contribution is 0.0518. The first-order valence-electron chi connectivity index (χ1n) is 10.9. The van der Waals surface area contributed by atoms with Gasteiger partial charge in [-0.05, 0) is 50.1 Å². The van der Waals surface area contributed by atoms with Crippen LogP contribution in [0.3, 0.4) is 0 Å². The fourth-order valence-electron chi connectivity index (χ4n) is 3.43. The number of rotatable bonds is 9. The minimum absolute atomic E-state index is 0.0582. The minimum Gasteiger partial charge on any atom is -0.461 e. The van der Waals surface area contributed by atoms with E-state index in [0.717, 1.165) is 37.1 Å². The summed E-state index contributed by atoms with van der Waals surface area (Å²) in [5, 5.41) is 7.62. The Morgan fingerprint density at radius 3 is 2.17 bits per heavy atom. The van der Waals surface area contributed by atoms with E-state index in [1.54, 1.807) is 29.8 Å². The molecule has 0 aliphatic rings. The van der Waals surface area contributed by atoms with Gasteiger partial charge in [0.1, 0.15) is 0 Å². The van der Waals surface area contributed by atoms with Crippen molar-refractivity contribution in [1.82, 2.24) is 15.1 Å². The first-order chi connectivity index (χ1) is 14.2. The highest BCUT2D eigenvalue weighted by Crippen LogP contribution is 2.26. The van der Waals surface area contributed by atoms with Crippen molar-refractivity contribution in [3.05, 3.63) is 47.3 Å². The molecule has 30 heavy (non-hydrogen) atoms. The van der Waals surface area contributed by atoms with Gasteiger partial charge in [-0.1, -0.05) is 47.5 Å². The van der Waals surface area contributed by atoms with Crippen LogP contribution in [0.4, 0.5) is 0 Å². The highest BCUT2D eigenvalue weighted by atomic mass is 16.5. The number of nitrogens with zero attached hydrogens (tertiary/aromatic N) is 2. The molecule has 164 valence electrons. The van der Waals surface area contributed by atoms with Gasteiger partial charge in [0, 0.05) is 17.0 Å². The third-order valence-electron chi connectivity index (χ3n) is 4.95. The van der Waals surface area contributed by atoms with Crippen LogP contribution >= 0.6 is 0 Å². The summed E-state index contributed by atoms with van der Waals surface area (Å²) in [5.41, 5.74) is 2.37. The Labute approximate surface area is 180 Å². The van der Waals surface area contributed by atoms with Crippen molar-refractivity contribution >= 4 is 11.9 Å². The Bertz CT molecular complexity index is 842. The average Bonchev–Trinajstić information content (AvgIpc) is 3.15. The van der Waals surface area contributed by atoms with Gasteiger partial charge in [0.05, 0.1) is 18.0 Å². The number of amides is 1. The third-order valence-corrected chi connectivity index (χ3v) is 4.95. The van der Waals surface area contributed by atoms with Crippen LogP contribution in [0, 0.1) is 0 Å². The molecule has 1 aromatic carbocycles. The van der Waals surface area contributed by atoms with Gasteiger partial charge in [0.25, 0.3) is 5.91 Å². The van der Waals surface area contributed by atoms with Crippen LogP contribution in [-0.2, 0) is 10.2 Å². The molecule has 2 rings (SSSR count). The number of hydrogen-bond donors (Lipinski definition) is 1. The summed E-state index contributed by atoms with van der Waals surface area (Å²) in [6.07, 6.45) is 4.05. The van der Waals surface area contributed by atoms with E-state index < -0.39 is 5.97 Å². The van der Waals surface area contributed by atoms with E-state index in [0.29, 0.717) is 12.2 Å². The molecule has 0 unspecified atom stereocenters. The lowest BCUT2D eigenvalue weighted by atomic mass is 9.91. The first kappa shape index (κ1) is 23.6. The van der Waals surface area contributed by atoms with Crippen LogP contribution < -0.4 is 5.32 Å².